The van der Waals surface area contributed by atoms with Crippen molar-refractivity contribution in [1.82, 2.24) is 14.6 Å². The monoisotopic (exact) mass is 238 g/mol. The Morgan fingerprint density at radius 2 is 2.07 bits per heavy atom. The molecule has 0 aliphatic heterocycles. The molecular formula is C9H10N4S2. The largest absolute Gasteiger partial charge is 0.267 e. The third kappa shape index (κ3) is 2.15. The molecule has 0 unspecified atom stereocenters. The van der Waals surface area contributed by atoms with E-state index in [2.05, 4.69) is 15.2 Å². The van der Waals surface area contributed by atoms with Crippen LogP contribution in [-0.2, 0) is 0 Å². The molecule has 0 aliphatic carbocycles. The fourth-order valence-corrected chi connectivity index (χ4v) is 2.17. The van der Waals surface area contributed by atoms with Gasteiger partial charge in [0.05, 0.1) is 0 Å². The Morgan fingerprint density at radius 3 is 2.80 bits per heavy atom. The van der Waals surface area contributed by atoms with E-state index in [9.17, 15) is 0 Å². The Morgan fingerprint density at radius 1 is 1.27 bits per heavy atom. The van der Waals surface area contributed by atoms with Crippen LogP contribution >= 0.6 is 23.5 Å². The summed E-state index contributed by atoms with van der Waals surface area (Å²) in [4.78, 5) is 4.42. The maximum atomic E-state index is 4.42. The van der Waals surface area contributed by atoms with Gasteiger partial charge in [0.2, 0.25) is 0 Å². The minimum Gasteiger partial charge on any atom is -0.267 e. The number of thioether (sulfide) groups is 2. The van der Waals surface area contributed by atoms with E-state index in [1.807, 2.05) is 41.3 Å². The van der Waals surface area contributed by atoms with Gasteiger partial charge in [-0.05, 0) is 24.6 Å². The van der Waals surface area contributed by atoms with E-state index in [1.54, 1.807) is 23.5 Å². The number of hydrogen-bond donors (Lipinski definition) is 0. The van der Waals surface area contributed by atoms with Crippen molar-refractivity contribution in [2.45, 2.75) is 0 Å². The van der Waals surface area contributed by atoms with E-state index in [0.717, 1.165) is 10.0 Å². The molecule has 0 radical (unpaired) electrons. The lowest BCUT2D eigenvalue weighted by atomic mass is 10.5. The lowest BCUT2D eigenvalue weighted by Crippen LogP contribution is -1.86. The summed E-state index contributed by atoms with van der Waals surface area (Å²) in [5.74, 6) is 0.629. The smallest absolute Gasteiger partial charge is 0.256 e. The van der Waals surface area contributed by atoms with Crippen LogP contribution in [0.15, 0.2) is 29.4 Å². The summed E-state index contributed by atoms with van der Waals surface area (Å²) in [6.45, 7) is 0. The third-order valence-corrected chi connectivity index (χ3v) is 3.72. The van der Waals surface area contributed by atoms with Gasteiger partial charge in [0.1, 0.15) is 4.38 Å². The van der Waals surface area contributed by atoms with Crippen LogP contribution in [0.5, 0.6) is 0 Å². The minimum atomic E-state index is 0.629. The molecule has 15 heavy (non-hydrogen) atoms. The molecule has 2 aromatic heterocycles. The van der Waals surface area contributed by atoms with Crippen LogP contribution in [0.1, 0.15) is 0 Å². The summed E-state index contributed by atoms with van der Waals surface area (Å²) >= 11 is 3.22. The molecule has 0 N–H and O–H groups in total. The van der Waals surface area contributed by atoms with Gasteiger partial charge in [-0.2, -0.15) is 4.99 Å². The Labute approximate surface area is 96.2 Å². The number of fused-ring (bicyclic) bond motifs is 1. The van der Waals surface area contributed by atoms with Crippen LogP contribution in [0.25, 0.3) is 5.65 Å². The lowest BCUT2D eigenvalue weighted by molar-refractivity contribution is 1.09. The van der Waals surface area contributed by atoms with Crippen LogP contribution in [0.4, 0.5) is 5.95 Å². The Kier molecular flexibility index (Phi) is 3.27. The van der Waals surface area contributed by atoms with Gasteiger partial charge in [0.25, 0.3) is 5.95 Å². The summed E-state index contributed by atoms with van der Waals surface area (Å²) in [6, 6.07) is 5.78. The van der Waals surface area contributed by atoms with Crippen molar-refractivity contribution in [1.29, 1.82) is 0 Å². The zero-order chi connectivity index (χ0) is 10.7. The fraction of sp³-hybridized carbons (Fsp3) is 0.222. The van der Waals surface area contributed by atoms with Crippen molar-refractivity contribution in [3.63, 3.8) is 0 Å². The molecule has 0 saturated heterocycles. The first-order chi connectivity index (χ1) is 7.35. The topological polar surface area (TPSA) is 42.5 Å². The second-order valence-corrected chi connectivity index (χ2v) is 4.56. The first kappa shape index (κ1) is 10.5. The Bertz CT molecular complexity index is 486. The van der Waals surface area contributed by atoms with Gasteiger partial charge in [-0.3, -0.25) is 4.40 Å². The summed E-state index contributed by atoms with van der Waals surface area (Å²) in [5.41, 5.74) is 0.817. The van der Waals surface area contributed by atoms with E-state index in [1.165, 1.54) is 0 Å². The molecule has 2 aromatic rings. The standard InChI is InChI=1S/C9H10N4S2/c1-14-9(15-2)10-8-12-11-7-5-3-4-6-13(7)8/h3-6H,1-2H3. The van der Waals surface area contributed by atoms with Gasteiger partial charge in [0.15, 0.2) is 5.65 Å². The van der Waals surface area contributed by atoms with E-state index in [4.69, 9.17) is 0 Å². The van der Waals surface area contributed by atoms with Gasteiger partial charge < -0.3 is 0 Å². The van der Waals surface area contributed by atoms with Crippen molar-refractivity contribution in [2.75, 3.05) is 12.5 Å². The number of hydrogen-bond acceptors (Lipinski definition) is 5. The average molecular weight is 238 g/mol. The maximum Gasteiger partial charge on any atom is 0.256 e. The number of nitrogens with zero attached hydrogens (tertiary/aromatic N) is 4. The molecule has 0 atom stereocenters. The highest BCUT2D eigenvalue weighted by Crippen LogP contribution is 2.18. The summed E-state index contributed by atoms with van der Waals surface area (Å²) < 4.78 is 2.85. The molecule has 0 saturated carbocycles. The third-order valence-electron chi connectivity index (χ3n) is 1.84. The first-order valence-electron chi connectivity index (χ1n) is 4.31. The number of aromatic nitrogens is 3. The maximum absolute atomic E-state index is 4.42. The molecular weight excluding hydrogens is 228 g/mol. The molecule has 78 valence electrons. The van der Waals surface area contributed by atoms with Crippen molar-refractivity contribution in [3.8, 4) is 0 Å². The van der Waals surface area contributed by atoms with Gasteiger partial charge >= 0.3 is 0 Å². The van der Waals surface area contributed by atoms with Crippen molar-refractivity contribution in [3.05, 3.63) is 24.4 Å². The molecule has 0 aromatic carbocycles. The number of rotatable bonds is 1. The zero-order valence-corrected chi connectivity index (χ0v) is 10.0. The summed E-state index contributed by atoms with van der Waals surface area (Å²) in [5, 5.41) is 8.06. The second kappa shape index (κ2) is 4.67. The SMILES string of the molecule is CSC(=Nc1nnc2ccccn12)SC. The Hall–Kier alpha value is -1.01. The lowest BCUT2D eigenvalue weighted by Gasteiger charge is -1.96. The van der Waals surface area contributed by atoms with Crippen molar-refractivity contribution < 1.29 is 0 Å². The predicted molar refractivity (Wildman–Crippen MR) is 67.1 cm³/mol. The second-order valence-electron chi connectivity index (χ2n) is 2.71. The quantitative estimate of drug-likeness (QED) is 0.565. The highest BCUT2D eigenvalue weighted by Gasteiger charge is 2.03. The van der Waals surface area contributed by atoms with E-state index in [-0.39, 0.29) is 0 Å². The molecule has 0 spiro atoms. The minimum absolute atomic E-state index is 0.629. The molecule has 0 fully saturated rings. The molecule has 2 rings (SSSR count). The molecule has 0 aliphatic rings. The molecule has 0 amide bonds. The van der Waals surface area contributed by atoms with Crippen LogP contribution < -0.4 is 0 Å². The van der Waals surface area contributed by atoms with Crippen molar-refractivity contribution in [2.24, 2.45) is 4.99 Å². The molecule has 4 nitrogen and oxygen atoms in total. The predicted octanol–water partition coefficient (Wildman–Crippen LogP) is 2.44. The summed E-state index contributed by atoms with van der Waals surface area (Å²) in [7, 11) is 0. The van der Waals surface area contributed by atoms with E-state index < -0.39 is 0 Å². The Balaban J connectivity index is 2.48. The van der Waals surface area contributed by atoms with Crippen LogP contribution in [0.3, 0.4) is 0 Å². The van der Waals surface area contributed by atoms with Crippen molar-refractivity contribution >= 4 is 39.5 Å². The molecule has 0 bridgehead atoms. The van der Waals surface area contributed by atoms with E-state index >= 15 is 0 Å². The number of aliphatic imine (C=N–C) groups is 1. The van der Waals surface area contributed by atoms with Gasteiger partial charge in [-0.15, -0.1) is 33.7 Å². The van der Waals surface area contributed by atoms with Gasteiger partial charge in [-0.1, -0.05) is 6.07 Å². The first-order valence-corrected chi connectivity index (χ1v) is 6.76. The fourth-order valence-electron chi connectivity index (χ4n) is 1.16. The van der Waals surface area contributed by atoms with Crippen LogP contribution in [0.2, 0.25) is 0 Å². The highest BCUT2D eigenvalue weighted by molar-refractivity contribution is 8.38. The zero-order valence-electron chi connectivity index (χ0n) is 8.41. The van der Waals surface area contributed by atoms with Crippen LogP contribution in [-0.4, -0.2) is 31.5 Å². The average Bonchev–Trinajstić information content (AvgIpc) is 2.69. The molecule has 6 heteroatoms. The normalized spacial score (nSPS) is 10.5. The van der Waals surface area contributed by atoms with Crippen LogP contribution in [0, 0.1) is 0 Å². The molecule has 2 heterocycles. The number of pyridine rings is 1. The highest BCUT2D eigenvalue weighted by atomic mass is 32.2. The van der Waals surface area contributed by atoms with Gasteiger partial charge in [-0.25, -0.2) is 0 Å². The summed E-state index contributed by atoms with van der Waals surface area (Å²) in [6.07, 6.45) is 5.91. The van der Waals surface area contributed by atoms with Gasteiger partial charge in [0, 0.05) is 6.20 Å². The van der Waals surface area contributed by atoms with E-state index in [0.29, 0.717) is 5.95 Å².